The van der Waals surface area contributed by atoms with Crippen LogP contribution in [0.4, 0.5) is 0 Å². The van der Waals surface area contributed by atoms with Crippen LogP contribution in [0.15, 0.2) is 97.1 Å². The van der Waals surface area contributed by atoms with Crippen molar-refractivity contribution >= 4 is 23.9 Å². The monoisotopic (exact) mass is 704 g/mol. The Morgan fingerprint density at radius 2 is 0.902 bits per heavy atom. The largest absolute Gasteiger partial charge is 0.496 e. The summed E-state index contributed by atoms with van der Waals surface area (Å²) in [5.41, 5.74) is 0.470. The van der Waals surface area contributed by atoms with Crippen LogP contribution in [-0.2, 0) is 33.2 Å². The van der Waals surface area contributed by atoms with Crippen LogP contribution in [0.1, 0.15) is 31.1 Å². The number of para-hydroxylation sites is 3. The molecule has 0 N–H and O–H groups in total. The molecule has 0 spiro atoms. The minimum atomic E-state index is -1.12. The molecule has 0 amide bonds. The Hall–Kier alpha value is -5.66. The Morgan fingerprint density at radius 1 is 0.529 bits per heavy atom. The molecule has 270 valence electrons. The first-order chi connectivity index (χ1) is 24.8. The molecular formula is C38H40O13. The average molecular weight is 705 g/mol. The van der Waals surface area contributed by atoms with Gasteiger partial charge in [0.05, 0.1) is 27.4 Å². The molecule has 1 aliphatic rings. The van der Waals surface area contributed by atoms with Crippen molar-refractivity contribution in [3.8, 4) is 17.2 Å². The highest BCUT2D eigenvalue weighted by Gasteiger charge is 2.30. The molecule has 0 saturated carbocycles. The van der Waals surface area contributed by atoms with Crippen LogP contribution < -0.4 is 14.2 Å². The Bertz CT molecular complexity index is 1630. The quantitative estimate of drug-likeness (QED) is 0.134. The Kier molecular flexibility index (Phi) is 14.6. The van der Waals surface area contributed by atoms with Gasteiger partial charge in [0.25, 0.3) is 0 Å². The standard InChI is InChI=1S/C38H40O13/c1-43-31-17-9-5-13-27(31)35(39)47-21-25(22-48-36(40)28-14-6-10-18-32(28)44-2)51-26(23-49-37(41)29-15-7-11-19-33(29)45-3)24-50-38(42)30-16-8-12-20-34(30)46-4/h5-20,25-27,31H,21-24H2,1-4H3. The maximum Gasteiger partial charge on any atom is 0.342 e. The number of ether oxygens (including phenoxy) is 9. The second-order valence-electron chi connectivity index (χ2n) is 10.9. The molecule has 0 saturated heterocycles. The molecule has 0 aliphatic heterocycles. The van der Waals surface area contributed by atoms with E-state index in [1.165, 1.54) is 46.6 Å². The van der Waals surface area contributed by atoms with E-state index in [0.29, 0.717) is 5.75 Å². The number of benzene rings is 3. The molecule has 0 aromatic heterocycles. The fraction of sp³-hybridized carbons (Fsp3) is 0.316. The number of carbonyl (C=O) groups excluding carboxylic acids is 4. The summed E-state index contributed by atoms with van der Waals surface area (Å²) in [6.07, 6.45) is 4.03. The van der Waals surface area contributed by atoms with Crippen molar-refractivity contribution in [2.75, 3.05) is 54.9 Å². The maximum absolute atomic E-state index is 13.1. The van der Waals surface area contributed by atoms with Crippen molar-refractivity contribution < 1.29 is 61.8 Å². The van der Waals surface area contributed by atoms with Crippen LogP contribution in [0.25, 0.3) is 0 Å². The van der Waals surface area contributed by atoms with Crippen LogP contribution in [0.2, 0.25) is 0 Å². The lowest BCUT2D eigenvalue weighted by Gasteiger charge is -2.26. The predicted molar refractivity (Wildman–Crippen MR) is 182 cm³/mol. The van der Waals surface area contributed by atoms with Gasteiger partial charge in [-0.15, -0.1) is 0 Å². The fourth-order valence-corrected chi connectivity index (χ4v) is 5.00. The predicted octanol–water partition coefficient (Wildman–Crippen LogP) is 4.64. The fourth-order valence-electron chi connectivity index (χ4n) is 5.00. The van der Waals surface area contributed by atoms with E-state index in [2.05, 4.69) is 0 Å². The summed E-state index contributed by atoms with van der Waals surface area (Å²) >= 11 is 0. The Morgan fingerprint density at radius 3 is 1.29 bits per heavy atom. The molecule has 0 radical (unpaired) electrons. The van der Waals surface area contributed by atoms with E-state index in [1.54, 1.807) is 78.9 Å². The molecule has 3 unspecified atom stereocenters. The minimum Gasteiger partial charge on any atom is -0.496 e. The minimum absolute atomic E-state index is 0.156. The SMILES string of the molecule is COc1ccccc1C(=O)OCC(COC(=O)c1ccccc1OC)OC(COC(=O)c1ccccc1OC)COC(=O)C1C=CC=CC1OC. The number of rotatable bonds is 18. The van der Waals surface area contributed by atoms with Gasteiger partial charge in [-0.2, -0.15) is 0 Å². The van der Waals surface area contributed by atoms with E-state index in [1.807, 2.05) is 0 Å². The third kappa shape index (κ3) is 10.7. The van der Waals surface area contributed by atoms with Gasteiger partial charge in [-0.1, -0.05) is 60.7 Å². The lowest BCUT2D eigenvalue weighted by molar-refractivity contribution is -0.159. The van der Waals surface area contributed by atoms with Gasteiger partial charge in [-0.3, -0.25) is 4.79 Å². The van der Waals surface area contributed by atoms with Gasteiger partial charge < -0.3 is 42.6 Å². The lowest BCUT2D eigenvalue weighted by Crippen LogP contribution is -2.39. The van der Waals surface area contributed by atoms with E-state index < -0.39 is 67.9 Å². The summed E-state index contributed by atoms with van der Waals surface area (Å²) < 4.78 is 49.8. The molecule has 4 rings (SSSR count). The van der Waals surface area contributed by atoms with Crippen LogP contribution in [0.3, 0.4) is 0 Å². The average Bonchev–Trinajstić information content (AvgIpc) is 3.18. The first-order valence-corrected chi connectivity index (χ1v) is 15.9. The molecule has 3 atom stereocenters. The van der Waals surface area contributed by atoms with Gasteiger partial charge >= 0.3 is 23.9 Å². The molecule has 1 aliphatic carbocycles. The van der Waals surface area contributed by atoms with E-state index in [4.69, 9.17) is 42.6 Å². The van der Waals surface area contributed by atoms with E-state index >= 15 is 0 Å². The molecule has 13 heteroatoms. The van der Waals surface area contributed by atoms with Gasteiger partial charge in [0.15, 0.2) is 0 Å². The zero-order chi connectivity index (χ0) is 36.6. The molecule has 0 heterocycles. The van der Waals surface area contributed by atoms with E-state index in [9.17, 15) is 19.2 Å². The number of hydrogen-bond donors (Lipinski definition) is 0. The smallest absolute Gasteiger partial charge is 0.342 e. The van der Waals surface area contributed by atoms with Crippen molar-refractivity contribution in [3.05, 3.63) is 114 Å². The van der Waals surface area contributed by atoms with Gasteiger partial charge in [-0.05, 0) is 36.4 Å². The molecule has 3 aromatic rings. The lowest BCUT2D eigenvalue weighted by atomic mass is 9.98. The van der Waals surface area contributed by atoms with Crippen LogP contribution in [0, 0.1) is 5.92 Å². The third-order valence-corrected chi connectivity index (χ3v) is 7.61. The second kappa shape index (κ2) is 19.5. The van der Waals surface area contributed by atoms with Crippen molar-refractivity contribution in [1.82, 2.24) is 0 Å². The zero-order valence-corrected chi connectivity index (χ0v) is 28.7. The molecule has 3 aromatic carbocycles. The normalized spacial score (nSPS) is 15.4. The molecule has 13 nitrogen and oxygen atoms in total. The topological polar surface area (TPSA) is 151 Å². The molecule has 0 fully saturated rings. The number of allylic oxidation sites excluding steroid dienone is 2. The molecular weight excluding hydrogens is 664 g/mol. The highest BCUT2D eigenvalue weighted by Crippen LogP contribution is 2.22. The number of hydrogen-bond acceptors (Lipinski definition) is 13. The van der Waals surface area contributed by atoms with Gasteiger partial charge in [0, 0.05) is 7.11 Å². The summed E-state index contributed by atoms with van der Waals surface area (Å²) in [7, 11) is 5.73. The van der Waals surface area contributed by atoms with E-state index in [-0.39, 0.29) is 34.8 Å². The first-order valence-electron chi connectivity index (χ1n) is 15.9. The number of methoxy groups -OCH3 is 4. The van der Waals surface area contributed by atoms with Crippen LogP contribution in [-0.4, -0.2) is 97.1 Å². The highest BCUT2D eigenvalue weighted by atomic mass is 16.6. The summed E-state index contributed by atoms with van der Waals surface area (Å²) in [4.78, 5) is 52.4. The van der Waals surface area contributed by atoms with Gasteiger partial charge in [0.1, 0.15) is 78.5 Å². The third-order valence-electron chi connectivity index (χ3n) is 7.61. The summed E-state index contributed by atoms with van der Waals surface area (Å²) in [5.74, 6) is -2.68. The number of carbonyl (C=O) groups is 4. The summed E-state index contributed by atoms with van der Waals surface area (Å²) in [6.45, 7) is -1.62. The van der Waals surface area contributed by atoms with Gasteiger partial charge in [0.2, 0.25) is 0 Å². The van der Waals surface area contributed by atoms with Crippen LogP contribution >= 0.6 is 0 Å². The van der Waals surface area contributed by atoms with Gasteiger partial charge in [-0.25, -0.2) is 14.4 Å². The number of esters is 4. The van der Waals surface area contributed by atoms with Crippen molar-refractivity contribution in [3.63, 3.8) is 0 Å². The summed E-state index contributed by atoms with van der Waals surface area (Å²) in [5, 5.41) is 0. The van der Waals surface area contributed by atoms with E-state index in [0.717, 1.165) is 0 Å². The molecule has 0 bridgehead atoms. The molecule has 51 heavy (non-hydrogen) atoms. The zero-order valence-electron chi connectivity index (χ0n) is 28.7. The summed E-state index contributed by atoms with van der Waals surface area (Å²) in [6, 6.07) is 19.4. The second-order valence-corrected chi connectivity index (χ2v) is 10.9. The Labute approximate surface area is 295 Å². The Balaban J connectivity index is 1.55. The van der Waals surface area contributed by atoms with Crippen molar-refractivity contribution in [1.29, 1.82) is 0 Å². The van der Waals surface area contributed by atoms with Crippen molar-refractivity contribution in [2.45, 2.75) is 18.3 Å². The first kappa shape index (κ1) is 38.1. The van der Waals surface area contributed by atoms with Crippen molar-refractivity contribution in [2.24, 2.45) is 5.92 Å². The maximum atomic E-state index is 13.1. The van der Waals surface area contributed by atoms with Crippen LogP contribution in [0.5, 0.6) is 17.2 Å². The highest BCUT2D eigenvalue weighted by molar-refractivity contribution is 5.93.